The largest absolute Gasteiger partial charge is 0.384 e. The van der Waals surface area contributed by atoms with E-state index in [9.17, 15) is 0 Å². The van der Waals surface area contributed by atoms with E-state index in [1.54, 1.807) is 7.11 Å². The van der Waals surface area contributed by atoms with E-state index in [2.05, 4.69) is 50.4 Å². The summed E-state index contributed by atoms with van der Waals surface area (Å²) in [6.45, 7) is 8.46. The molecule has 0 aliphatic heterocycles. The first kappa shape index (κ1) is 16.5. The standard InChI is InChI=1S/C16H27NOS/c1-5-17-16(12-19-11-10-18-4)15-8-6-14(7-9-15)13(2)3/h6-9,13,16-17H,5,10-12H2,1-4H3. The molecule has 0 fully saturated rings. The second-order valence-electron chi connectivity index (χ2n) is 5.00. The molecule has 3 heteroatoms. The zero-order valence-electron chi connectivity index (χ0n) is 12.6. The van der Waals surface area contributed by atoms with Gasteiger partial charge in [0.1, 0.15) is 0 Å². The molecule has 19 heavy (non-hydrogen) atoms. The number of hydrogen-bond donors (Lipinski definition) is 1. The summed E-state index contributed by atoms with van der Waals surface area (Å²) >= 11 is 1.94. The highest BCUT2D eigenvalue weighted by Gasteiger charge is 2.10. The Hall–Kier alpha value is -0.510. The quantitative estimate of drug-likeness (QED) is 0.695. The Bertz CT molecular complexity index is 337. The fourth-order valence-corrected chi connectivity index (χ4v) is 2.97. The van der Waals surface area contributed by atoms with Gasteiger partial charge in [-0.15, -0.1) is 0 Å². The van der Waals surface area contributed by atoms with E-state index in [0.717, 1.165) is 24.7 Å². The van der Waals surface area contributed by atoms with Crippen molar-refractivity contribution in [2.24, 2.45) is 0 Å². The Morgan fingerprint density at radius 3 is 2.32 bits per heavy atom. The fourth-order valence-electron chi connectivity index (χ4n) is 1.98. The molecule has 0 radical (unpaired) electrons. The first-order valence-corrected chi connectivity index (χ1v) is 8.24. The molecule has 0 bridgehead atoms. The van der Waals surface area contributed by atoms with Gasteiger partial charge in [-0.05, 0) is 23.6 Å². The van der Waals surface area contributed by atoms with Crippen molar-refractivity contribution in [3.63, 3.8) is 0 Å². The highest BCUT2D eigenvalue weighted by Crippen LogP contribution is 2.21. The summed E-state index contributed by atoms with van der Waals surface area (Å²) in [4.78, 5) is 0. The predicted molar refractivity (Wildman–Crippen MR) is 86.1 cm³/mol. The molecule has 1 N–H and O–H groups in total. The molecule has 1 aromatic rings. The maximum Gasteiger partial charge on any atom is 0.0552 e. The van der Waals surface area contributed by atoms with Crippen LogP contribution in [0.5, 0.6) is 0 Å². The van der Waals surface area contributed by atoms with E-state index in [0.29, 0.717) is 12.0 Å². The lowest BCUT2D eigenvalue weighted by molar-refractivity contribution is 0.218. The summed E-state index contributed by atoms with van der Waals surface area (Å²) < 4.78 is 5.09. The molecule has 1 aromatic carbocycles. The van der Waals surface area contributed by atoms with Gasteiger partial charge in [0, 0.05) is 24.7 Å². The van der Waals surface area contributed by atoms with E-state index in [4.69, 9.17) is 4.74 Å². The molecule has 0 aromatic heterocycles. The molecule has 0 aliphatic rings. The Morgan fingerprint density at radius 2 is 1.79 bits per heavy atom. The monoisotopic (exact) mass is 281 g/mol. The van der Waals surface area contributed by atoms with Crippen LogP contribution in [0, 0.1) is 0 Å². The average molecular weight is 281 g/mol. The predicted octanol–water partition coefficient (Wildman–Crippen LogP) is 3.84. The van der Waals surface area contributed by atoms with Crippen molar-refractivity contribution in [1.29, 1.82) is 0 Å². The fraction of sp³-hybridized carbons (Fsp3) is 0.625. The summed E-state index contributed by atoms with van der Waals surface area (Å²) in [5.74, 6) is 2.75. The van der Waals surface area contributed by atoms with Gasteiger partial charge >= 0.3 is 0 Å². The van der Waals surface area contributed by atoms with Crippen LogP contribution in [0.15, 0.2) is 24.3 Å². The normalized spacial score (nSPS) is 12.9. The van der Waals surface area contributed by atoms with Crippen LogP contribution in [0.25, 0.3) is 0 Å². The van der Waals surface area contributed by atoms with Crippen LogP contribution in [0.4, 0.5) is 0 Å². The van der Waals surface area contributed by atoms with Crippen LogP contribution in [-0.2, 0) is 4.74 Å². The highest BCUT2D eigenvalue weighted by molar-refractivity contribution is 7.99. The van der Waals surface area contributed by atoms with E-state index in [1.165, 1.54) is 11.1 Å². The first-order valence-electron chi connectivity index (χ1n) is 7.09. The van der Waals surface area contributed by atoms with Gasteiger partial charge < -0.3 is 10.1 Å². The molecule has 0 spiro atoms. The van der Waals surface area contributed by atoms with Crippen molar-refractivity contribution in [1.82, 2.24) is 5.32 Å². The van der Waals surface area contributed by atoms with Crippen LogP contribution in [-0.4, -0.2) is 31.8 Å². The van der Waals surface area contributed by atoms with Crippen molar-refractivity contribution < 1.29 is 4.74 Å². The maximum atomic E-state index is 5.09. The zero-order valence-corrected chi connectivity index (χ0v) is 13.4. The van der Waals surface area contributed by atoms with Gasteiger partial charge in [-0.25, -0.2) is 0 Å². The molecule has 0 heterocycles. The minimum Gasteiger partial charge on any atom is -0.384 e. The third-order valence-corrected chi connectivity index (χ3v) is 4.20. The number of ether oxygens (including phenoxy) is 1. The third kappa shape index (κ3) is 5.98. The van der Waals surface area contributed by atoms with Gasteiger partial charge in [0.05, 0.1) is 6.61 Å². The van der Waals surface area contributed by atoms with Crippen LogP contribution >= 0.6 is 11.8 Å². The molecule has 2 nitrogen and oxygen atoms in total. The topological polar surface area (TPSA) is 21.3 Å². The molecule has 1 rings (SSSR count). The molecular weight excluding hydrogens is 254 g/mol. The van der Waals surface area contributed by atoms with Gasteiger partial charge in [-0.3, -0.25) is 0 Å². The SMILES string of the molecule is CCNC(CSCCOC)c1ccc(C(C)C)cc1. The minimum absolute atomic E-state index is 0.438. The minimum atomic E-state index is 0.438. The van der Waals surface area contributed by atoms with Crippen LogP contribution < -0.4 is 5.32 Å². The number of rotatable bonds is 9. The second-order valence-corrected chi connectivity index (χ2v) is 6.15. The van der Waals surface area contributed by atoms with E-state index < -0.39 is 0 Å². The molecule has 0 aliphatic carbocycles. The molecule has 0 amide bonds. The van der Waals surface area contributed by atoms with E-state index >= 15 is 0 Å². The lowest BCUT2D eigenvalue weighted by atomic mass is 9.99. The number of benzene rings is 1. The summed E-state index contributed by atoms with van der Waals surface area (Å²) in [5, 5.41) is 3.56. The molecule has 108 valence electrons. The zero-order chi connectivity index (χ0) is 14.1. The van der Waals surface area contributed by atoms with Crippen LogP contribution in [0.2, 0.25) is 0 Å². The molecule has 0 saturated carbocycles. The van der Waals surface area contributed by atoms with E-state index in [-0.39, 0.29) is 0 Å². The van der Waals surface area contributed by atoms with Gasteiger partial charge in [-0.1, -0.05) is 45.0 Å². The Morgan fingerprint density at radius 1 is 1.16 bits per heavy atom. The number of methoxy groups -OCH3 is 1. The summed E-state index contributed by atoms with van der Waals surface area (Å²) in [5.41, 5.74) is 2.79. The van der Waals surface area contributed by atoms with Crippen molar-refractivity contribution in [3.05, 3.63) is 35.4 Å². The Kier molecular flexibility index (Phi) is 8.19. The van der Waals surface area contributed by atoms with Crippen LogP contribution in [0.1, 0.15) is 43.9 Å². The summed E-state index contributed by atoms with van der Waals surface area (Å²) in [7, 11) is 1.76. The van der Waals surface area contributed by atoms with Gasteiger partial charge in [0.25, 0.3) is 0 Å². The first-order chi connectivity index (χ1) is 9.19. The lowest BCUT2D eigenvalue weighted by Crippen LogP contribution is -2.23. The number of nitrogens with one attached hydrogen (secondary N) is 1. The summed E-state index contributed by atoms with van der Waals surface area (Å²) in [6.07, 6.45) is 0. The number of hydrogen-bond acceptors (Lipinski definition) is 3. The molecule has 1 unspecified atom stereocenters. The van der Waals surface area contributed by atoms with Gasteiger partial charge in [-0.2, -0.15) is 11.8 Å². The second kappa shape index (κ2) is 9.40. The molecule has 1 atom stereocenters. The molecule has 0 saturated heterocycles. The molecular formula is C16H27NOS. The maximum absolute atomic E-state index is 5.09. The average Bonchev–Trinajstić information content (AvgIpc) is 2.42. The lowest BCUT2D eigenvalue weighted by Gasteiger charge is -2.19. The smallest absolute Gasteiger partial charge is 0.0552 e. The van der Waals surface area contributed by atoms with Gasteiger partial charge in [0.15, 0.2) is 0 Å². The van der Waals surface area contributed by atoms with Crippen molar-refractivity contribution >= 4 is 11.8 Å². The Balaban J connectivity index is 2.59. The van der Waals surface area contributed by atoms with Crippen molar-refractivity contribution in [3.8, 4) is 0 Å². The van der Waals surface area contributed by atoms with Crippen molar-refractivity contribution in [2.45, 2.75) is 32.7 Å². The Labute approximate surface area is 122 Å². The van der Waals surface area contributed by atoms with Crippen molar-refractivity contribution in [2.75, 3.05) is 31.8 Å². The van der Waals surface area contributed by atoms with Gasteiger partial charge in [0.2, 0.25) is 0 Å². The van der Waals surface area contributed by atoms with E-state index in [1.807, 2.05) is 11.8 Å². The summed E-state index contributed by atoms with van der Waals surface area (Å²) in [6, 6.07) is 9.47. The van der Waals surface area contributed by atoms with Crippen LogP contribution in [0.3, 0.4) is 0 Å². The highest BCUT2D eigenvalue weighted by atomic mass is 32.2. The number of thioether (sulfide) groups is 1. The third-order valence-electron chi connectivity index (χ3n) is 3.17.